The summed E-state index contributed by atoms with van der Waals surface area (Å²) in [6.07, 6.45) is 2.60. The lowest BCUT2D eigenvalue weighted by Gasteiger charge is -2.41. The highest BCUT2D eigenvalue weighted by Gasteiger charge is 2.40. The smallest absolute Gasteiger partial charge is 0.305 e. The second-order valence-electron chi connectivity index (χ2n) is 7.29. The van der Waals surface area contributed by atoms with E-state index in [0.29, 0.717) is 12.4 Å². The Balaban J connectivity index is 1.58. The lowest BCUT2D eigenvalue weighted by atomic mass is 9.74. The number of carbonyl (C=O) groups excluding carboxylic acids is 1. The van der Waals surface area contributed by atoms with E-state index < -0.39 is 11.5 Å². The van der Waals surface area contributed by atoms with E-state index in [1.165, 1.54) is 5.56 Å². The summed E-state index contributed by atoms with van der Waals surface area (Å²) in [7, 11) is 0. The Morgan fingerprint density at radius 2 is 1.93 bits per heavy atom. The van der Waals surface area contributed by atoms with E-state index in [1.807, 2.05) is 55.5 Å². The molecule has 0 aromatic heterocycles. The molecule has 2 aromatic rings. The lowest BCUT2D eigenvalue weighted by Crippen LogP contribution is -2.55. The fourth-order valence-corrected chi connectivity index (χ4v) is 3.44. The quantitative estimate of drug-likeness (QED) is 0.747. The Morgan fingerprint density at radius 1 is 1.15 bits per heavy atom. The molecular weight excluding hydrogens is 342 g/mol. The van der Waals surface area contributed by atoms with Crippen LogP contribution in [-0.4, -0.2) is 22.5 Å². The number of benzene rings is 2. The number of carbonyl (C=O) groups is 2. The van der Waals surface area contributed by atoms with Crippen LogP contribution in [0.3, 0.4) is 0 Å². The highest BCUT2D eigenvalue weighted by molar-refractivity contribution is 5.80. The predicted octanol–water partition coefficient (Wildman–Crippen LogP) is 3.63. The number of carboxylic acid groups (broad SMARTS) is 1. The average Bonchev–Trinajstić information content (AvgIpc) is 2.59. The Morgan fingerprint density at radius 3 is 2.59 bits per heavy atom. The summed E-state index contributed by atoms with van der Waals surface area (Å²) < 4.78 is 5.87. The van der Waals surface area contributed by atoms with Crippen LogP contribution in [0.2, 0.25) is 0 Å². The maximum absolute atomic E-state index is 12.4. The van der Waals surface area contributed by atoms with Crippen LogP contribution in [0.5, 0.6) is 5.75 Å². The van der Waals surface area contributed by atoms with Crippen molar-refractivity contribution in [3.63, 3.8) is 0 Å². The fraction of sp³-hybridized carbons (Fsp3) is 0.364. The second-order valence-corrected chi connectivity index (χ2v) is 7.29. The summed E-state index contributed by atoms with van der Waals surface area (Å²) in [5, 5.41) is 12.0. The number of hydrogen-bond donors (Lipinski definition) is 2. The van der Waals surface area contributed by atoms with Gasteiger partial charge in [0.05, 0.1) is 18.4 Å². The van der Waals surface area contributed by atoms with E-state index >= 15 is 0 Å². The third-order valence-electron chi connectivity index (χ3n) is 5.12. The van der Waals surface area contributed by atoms with Gasteiger partial charge in [-0.15, -0.1) is 0 Å². The Hall–Kier alpha value is -2.82. The molecule has 5 nitrogen and oxygen atoms in total. The van der Waals surface area contributed by atoms with Gasteiger partial charge in [0, 0.05) is 0 Å². The molecule has 5 heteroatoms. The third kappa shape index (κ3) is 5.09. The van der Waals surface area contributed by atoms with Crippen LogP contribution in [0.25, 0.3) is 0 Å². The van der Waals surface area contributed by atoms with Crippen LogP contribution < -0.4 is 10.1 Å². The highest BCUT2D eigenvalue weighted by atomic mass is 16.5. The summed E-state index contributed by atoms with van der Waals surface area (Å²) in [6.45, 7) is 2.52. The van der Waals surface area contributed by atoms with Gasteiger partial charge in [0.25, 0.3) is 0 Å². The second kappa shape index (κ2) is 8.25. The normalized spacial score (nSPS) is 14.9. The summed E-state index contributed by atoms with van der Waals surface area (Å²) in [4.78, 5) is 23.4. The maximum atomic E-state index is 12.4. The van der Waals surface area contributed by atoms with Gasteiger partial charge < -0.3 is 15.2 Å². The summed E-state index contributed by atoms with van der Waals surface area (Å²) >= 11 is 0. The molecule has 0 saturated heterocycles. The van der Waals surface area contributed by atoms with E-state index in [0.717, 1.165) is 30.4 Å². The van der Waals surface area contributed by atoms with Crippen molar-refractivity contribution in [2.45, 2.75) is 51.2 Å². The molecule has 0 radical (unpaired) electrons. The minimum absolute atomic E-state index is 0.0156. The molecule has 1 amide bonds. The Kier molecular flexibility index (Phi) is 5.79. The van der Waals surface area contributed by atoms with Crippen molar-refractivity contribution in [2.75, 3.05) is 0 Å². The first-order valence-corrected chi connectivity index (χ1v) is 9.25. The molecule has 2 aromatic carbocycles. The number of ether oxygens (including phenoxy) is 1. The van der Waals surface area contributed by atoms with E-state index in [2.05, 4.69) is 5.32 Å². The molecule has 2 N–H and O–H groups in total. The molecule has 1 saturated carbocycles. The number of nitrogens with one attached hydrogen (secondary N) is 1. The molecule has 0 spiro atoms. The van der Waals surface area contributed by atoms with E-state index in [1.54, 1.807) is 0 Å². The number of rotatable bonds is 8. The van der Waals surface area contributed by atoms with Crippen molar-refractivity contribution < 1.29 is 19.4 Å². The number of carboxylic acids is 1. The minimum atomic E-state index is -0.874. The zero-order valence-corrected chi connectivity index (χ0v) is 15.5. The average molecular weight is 367 g/mol. The van der Waals surface area contributed by atoms with Crippen LogP contribution in [0, 0.1) is 6.92 Å². The van der Waals surface area contributed by atoms with Gasteiger partial charge in [0.1, 0.15) is 12.4 Å². The first-order chi connectivity index (χ1) is 13.0. The molecule has 1 aliphatic rings. The SMILES string of the molecule is Cc1ccccc1COc1cccc(CC(=O)NC2(CC(=O)O)CCC2)c1. The third-order valence-corrected chi connectivity index (χ3v) is 5.12. The monoisotopic (exact) mass is 367 g/mol. The molecule has 0 unspecified atom stereocenters. The Labute approximate surface area is 159 Å². The predicted molar refractivity (Wildman–Crippen MR) is 103 cm³/mol. The number of hydrogen-bond acceptors (Lipinski definition) is 3. The van der Waals surface area contributed by atoms with Crippen molar-refractivity contribution in [3.05, 3.63) is 65.2 Å². The van der Waals surface area contributed by atoms with Crippen molar-refractivity contribution in [2.24, 2.45) is 0 Å². The molecule has 142 valence electrons. The van der Waals surface area contributed by atoms with Gasteiger partial charge in [-0.2, -0.15) is 0 Å². The van der Waals surface area contributed by atoms with Crippen LogP contribution in [0.1, 0.15) is 42.4 Å². The van der Waals surface area contributed by atoms with Crippen LogP contribution >= 0.6 is 0 Å². The van der Waals surface area contributed by atoms with Crippen molar-refractivity contribution in [1.29, 1.82) is 0 Å². The maximum Gasteiger partial charge on any atom is 0.305 e. The number of amides is 1. The minimum Gasteiger partial charge on any atom is -0.489 e. The molecule has 0 aliphatic heterocycles. The molecule has 1 aliphatic carbocycles. The van der Waals surface area contributed by atoms with Gasteiger partial charge in [-0.3, -0.25) is 9.59 Å². The first-order valence-electron chi connectivity index (χ1n) is 9.25. The van der Waals surface area contributed by atoms with E-state index in [-0.39, 0.29) is 18.7 Å². The number of aliphatic carboxylic acids is 1. The number of aryl methyl sites for hydroxylation is 1. The highest BCUT2D eigenvalue weighted by Crippen LogP contribution is 2.35. The molecule has 27 heavy (non-hydrogen) atoms. The largest absolute Gasteiger partial charge is 0.489 e. The molecule has 1 fully saturated rings. The summed E-state index contributed by atoms with van der Waals surface area (Å²) in [5.74, 6) is -0.305. The van der Waals surface area contributed by atoms with E-state index in [9.17, 15) is 9.59 Å². The van der Waals surface area contributed by atoms with Crippen molar-refractivity contribution >= 4 is 11.9 Å². The van der Waals surface area contributed by atoms with Gasteiger partial charge in [-0.1, -0.05) is 36.4 Å². The van der Waals surface area contributed by atoms with Crippen LogP contribution in [-0.2, 0) is 22.6 Å². The topological polar surface area (TPSA) is 75.6 Å². The molecule has 0 atom stereocenters. The van der Waals surface area contributed by atoms with Gasteiger partial charge >= 0.3 is 5.97 Å². The lowest BCUT2D eigenvalue weighted by molar-refractivity contribution is -0.140. The molecular formula is C22H25NO4. The van der Waals surface area contributed by atoms with Crippen molar-refractivity contribution in [1.82, 2.24) is 5.32 Å². The van der Waals surface area contributed by atoms with Crippen LogP contribution in [0.15, 0.2) is 48.5 Å². The fourth-order valence-electron chi connectivity index (χ4n) is 3.44. The zero-order valence-electron chi connectivity index (χ0n) is 15.5. The van der Waals surface area contributed by atoms with Gasteiger partial charge in [-0.05, 0) is 55.0 Å². The van der Waals surface area contributed by atoms with Gasteiger partial charge in [0.15, 0.2) is 0 Å². The standard InChI is InChI=1S/C22H25NO4/c1-16-6-2-3-8-18(16)15-27-19-9-4-7-17(12-19)13-20(24)23-22(10-5-11-22)14-21(25)26/h2-4,6-9,12H,5,10-11,13-15H2,1H3,(H,23,24)(H,25,26). The van der Waals surface area contributed by atoms with E-state index in [4.69, 9.17) is 9.84 Å². The summed E-state index contributed by atoms with van der Waals surface area (Å²) in [5.41, 5.74) is 2.58. The zero-order chi connectivity index (χ0) is 19.3. The molecule has 0 bridgehead atoms. The Bertz CT molecular complexity index is 827. The first kappa shape index (κ1) is 19.0. The summed E-state index contributed by atoms with van der Waals surface area (Å²) in [6, 6.07) is 15.5. The van der Waals surface area contributed by atoms with Crippen molar-refractivity contribution in [3.8, 4) is 5.75 Å². The molecule has 3 rings (SSSR count). The van der Waals surface area contributed by atoms with Gasteiger partial charge in [-0.25, -0.2) is 0 Å². The molecule has 0 heterocycles. The van der Waals surface area contributed by atoms with Crippen LogP contribution in [0.4, 0.5) is 0 Å². The van der Waals surface area contributed by atoms with Gasteiger partial charge in [0.2, 0.25) is 5.91 Å².